The van der Waals surface area contributed by atoms with Gasteiger partial charge in [-0.25, -0.2) is 0 Å². The molecule has 1 aromatic rings. The summed E-state index contributed by atoms with van der Waals surface area (Å²) < 4.78 is 0. The van der Waals surface area contributed by atoms with Gasteiger partial charge in [-0.15, -0.1) is 11.6 Å². The second-order valence-electron chi connectivity index (χ2n) is 4.56. The van der Waals surface area contributed by atoms with Gasteiger partial charge in [0.2, 0.25) is 0 Å². The molecule has 0 nitrogen and oxygen atoms in total. The van der Waals surface area contributed by atoms with Gasteiger partial charge < -0.3 is 0 Å². The summed E-state index contributed by atoms with van der Waals surface area (Å²) in [6, 6.07) is 8.85. The summed E-state index contributed by atoms with van der Waals surface area (Å²) in [5, 5.41) is 0. The van der Waals surface area contributed by atoms with Crippen LogP contribution in [0.3, 0.4) is 0 Å². The van der Waals surface area contributed by atoms with E-state index in [2.05, 4.69) is 31.2 Å². The van der Waals surface area contributed by atoms with Crippen molar-refractivity contribution in [1.29, 1.82) is 0 Å². The minimum atomic E-state index is 0.763. The van der Waals surface area contributed by atoms with Crippen LogP contribution >= 0.6 is 11.6 Å². The minimum absolute atomic E-state index is 0.763. The first-order chi connectivity index (χ1) is 7.83. The molecule has 1 aliphatic carbocycles. The monoisotopic (exact) mass is 234 g/mol. The van der Waals surface area contributed by atoms with E-state index in [4.69, 9.17) is 11.6 Å². The summed E-state index contributed by atoms with van der Waals surface area (Å²) in [4.78, 5) is 0. The number of fused-ring (bicyclic) bond motifs is 1. The van der Waals surface area contributed by atoms with Crippen LogP contribution in [0.2, 0.25) is 0 Å². The van der Waals surface area contributed by atoms with Crippen LogP contribution < -0.4 is 0 Å². The molecule has 0 bridgehead atoms. The first-order valence-electron chi connectivity index (χ1n) is 6.16. The molecule has 0 unspecified atom stereocenters. The quantitative estimate of drug-likeness (QED) is 0.658. The molecule has 0 atom stereocenters. The van der Waals surface area contributed by atoms with Gasteiger partial charge >= 0.3 is 0 Å². The molecule has 1 heteroatoms. The maximum absolute atomic E-state index is 5.81. The highest BCUT2D eigenvalue weighted by Crippen LogP contribution is 2.32. The summed E-state index contributed by atoms with van der Waals surface area (Å²) in [6.45, 7) is 2.28. The van der Waals surface area contributed by atoms with E-state index in [0.717, 1.165) is 18.7 Å². The Kier molecular flexibility index (Phi) is 4.06. The molecule has 0 saturated carbocycles. The molecule has 16 heavy (non-hydrogen) atoms. The van der Waals surface area contributed by atoms with Crippen molar-refractivity contribution in [2.24, 2.45) is 0 Å². The van der Waals surface area contributed by atoms with Crippen LogP contribution in [-0.4, -0.2) is 5.88 Å². The van der Waals surface area contributed by atoms with Gasteiger partial charge in [-0.3, -0.25) is 0 Å². The first-order valence-corrected chi connectivity index (χ1v) is 6.69. The fraction of sp³-hybridized carbons (Fsp3) is 0.467. The van der Waals surface area contributed by atoms with E-state index < -0.39 is 0 Å². The molecule has 0 radical (unpaired) electrons. The van der Waals surface area contributed by atoms with Gasteiger partial charge in [-0.05, 0) is 55.7 Å². The fourth-order valence-corrected chi connectivity index (χ4v) is 2.68. The van der Waals surface area contributed by atoms with E-state index in [9.17, 15) is 0 Å². The molecule has 0 fully saturated rings. The molecule has 0 amide bonds. The van der Waals surface area contributed by atoms with Crippen LogP contribution in [-0.2, 0) is 6.42 Å². The third-order valence-corrected chi connectivity index (χ3v) is 3.68. The number of alkyl halides is 1. The SMILES string of the molecule is CC1=C(CCCCl)c2ccccc2CCC1. The van der Waals surface area contributed by atoms with Gasteiger partial charge in [-0.2, -0.15) is 0 Å². The van der Waals surface area contributed by atoms with Gasteiger partial charge in [0.1, 0.15) is 0 Å². The summed E-state index contributed by atoms with van der Waals surface area (Å²) in [7, 11) is 0. The Morgan fingerprint density at radius 3 is 2.81 bits per heavy atom. The number of rotatable bonds is 3. The second kappa shape index (κ2) is 5.54. The van der Waals surface area contributed by atoms with Crippen molar-refractivity contribution < 1.29 is 0 Å². The van der Waals surface area contributed by atoms with Gasteiger partial charge in [0.15, 0.2) is 0 Å². The van der Waals surface area contributed by atoms with Crippen molar-refractivity contribution in [2.45, 2.75) is 39.0 Å². The van der Waals surface area contributed by atoms with Crippen LogP contribution in [0.4, 0.5) is 0 Å². The van der Waals surface area contributed by atoms with Crippen LogP contribution in [0.1, 0.15) is 43.7 Å². The molecule has 0 spiro atoms. The van der Waals surface area contributed by atoms with Gasteiger partial charge in [0.05, 0.1) is 0 Å². The zero-order valence-corrected chi connectivity index (χ0v) is 10.7. The molecule has 1 aliphatic rings. The lowest BCUT2D eigenvalue weighted by Crippen LogP contribution is -1.93. The van der Waals surface area contributed by atoms with Crippen LogP contribution in [0.5, 0.6) is 0 Å². The molecule has 0 N–H and O–H groups in total. The van der Waals surface area contributed by atoms with Gasteiger partial charge in [0.25, 0.3) is 0 Å². The minimum Gasteiger partial charge on any atom is -0.127 e. The Bertz CT molecular complexity index is 390. The van der Waals surface area contributed by atoms with E-state index >= 15 is 0 Å². The highest BCUT2D eigenvalue weighted by molar-refractivity contribution is 6.17. The molecular formula is C15H19Cl. The fourth-order valence-electron chi connectivity index (χ4n) is 2.55. The van der Waals surface area contributed by atoms with E-state index in [1.807, 2.05) is 0 Å². The van der Waals surface area contributed by atoms with Crippen molar-refractivity contribution in [3.05, 3.63) is 41.0 Å². The zero-order chi connectivity index (χ0) is 11.4. The van der Waals surface area contributed by atoms with E-state index in [1.165, 1.54) is 30.4 Å². The second-order valence-corrected chi connectivity index (χ2v) is 4.94. The largest absolute Gasteiger partial charge is 0.127 e. The topological polar surface area (TPSA) is 0 Å². The average Bonchev–Trinajstić information content (AvgIpc) is 2.46. The van der Waals surface area contributed by atoms with Crippen molar-refractivity contribution in [3.8, 4) is 0 Å². The van der Waals surface area contributed by atoms with Crippen LogP contribution in [0.15, 0.2) is 29.8 Å². The maximum atomic E-state index is 5.81. The molecule has 1 aromatic carbocycles. The molecule has 86 valence electrons. The number of aryl methyl sites for hydroxylation is 1. The zero-order valence-electron chi connectivity index (χ0n) is 9.93. The van der Waals surface area contributed by atoms with Gasteiger partial charge in [0, 0.05) is 5.88 Å². The van der Waals surface area contributed by atoms with Crippen LogP contribution in [0, 0.1) is 0 Å². The lowest BCUT2D eigenvalue weighted by Gasteiger charge is -2.12. The Morgan fingerprint density at radius 2 is 2.00 bits per heavy atom. The van der Waals surface area contributed by atoms with Gasteiger partial charge in [-0.1, -0.05) is 29.8 Å². The number of hydrogen-bond donors (Lipinski definition) is 0. The predicted molar refractivity (Wildman–Crippen MR) is 71.9 cm³/mol. The molecule has 0 aromatic heterocycles. The Labute approximate surface area is 103 Å². The van der Waals surface area contributed by atoms with E-state index in [1.54, 1.807) is 11.1 Å². The van der Waals surface area contributed by atoms with Crippen LogP contribution in [0.25, 0.3) is 5.57 Å². The predicted octanol–water partition coefficient (Wildman–Crippen LogP) is 4.82. The number of benzene rings is 1. The summed E-state index contributed by atoms with van der Waals surface area (Å²) in [5.74, 6) is 0.763. The average molecular weight is 235 g/mol. The number of halogens is 1. The summed E-state index contributed by atoms with van der Waals surface area (Å²) in [5.41, 5.74) is 6.11. The Balaban J connectivity index is 2.37. The third-order valence-electron chi connectivity index (χ3n) is 3.42. The molecule has 0 saturated heterocycles. The highest BCUT2D eigenvalue weighted by Gasteiger charge is 2.13. The van der Waals surface area contributed by atoms with E-state index in [-0.39, 0.29) is 0 Å². The lowest BCUT2D eigenvalue weighted by atomic mass is 9.94. The number of hydrogen-bond acceptors (Lipinski definition) is 0. The summed E-state index contributed by atoms with van der Waals surface area (Å²) >= 11 is 5.81. The lowest BCUT2D eigenvalue weighted by molar-refractivity contribution is 0.821. The normalized spacial score (nSPS) is 15.9. The smallest absolute Gasteiger partial charge is 0.0226 e. The molecule has 2 rings (SSSR count). The standard InChI is InChI=1S/C15H19Cl/c1-12-6-4-8-13-7-2-3-9-15(13)14(12)10-5-11-16/h2-3,7,9H,4-6,8,10-11H2,1H3. The molecular weight excluding hydrogens is 216 g/mol. The number of allylic oxidation sites excluding steroid dienone is 2. The Morgan fingerprint density at radius 1 is 1.19 bits per heavy atom. The molecule has 0 aliphatic heterocycles. The van der Waals surface area contributed by atoms with E-state index in [0.29, 0.717) is 0 Å². The Hall–Kier alpha value is -0.750. The highest BCUT2D eigenvalue weighted by atomic mass is 35.5. The third kappa shape index (κ3) is 2.49. The van der Waals surface area contributed by atoms with Crippen molar-refractivity contribution in [3.63, 3.8) is 0 Å². The summed E-state index contributed by atoms with van der Waals surface area (Å²) in [6.07, 6.45) is 5.96. The first kappa shape index (κ1) is 11.7. The maximum Gasteiger partial charge on any atom is 0.0226 e. The van der Waals surface area contributed by atoms with Crippen molar-refractivity contribution >= 4 is 17.2 Å². The van der Waals surface area contributed by atoms with Crippen molar-refractivity contribution in [2.75, 3.05) is 5.88 Å². The molecule has 0 heterocycles. The van der Waals surface area contributed by atoms with Crippen molar-refractivity contribution in [1.82, 2.24) is 0 Å².